The Morgan fingerprint density at radius 1 is 1.35 bits per heavy atom. The third-order valence-corrected chi connectivity index (χ3v) is 3.47. The number of benzene rings is 1. The quantitative estimate of drug-likeness (QED) is 0.628. The first-order valence-electron chi connectivity index (χ1n) is 7.01. The predicted octanol–water partition coefficient (Wildman–Crippen LogP) is 3.72. The SMILES string of the molecule is CC(C)CCCNc1cc(C(N)=S)c2ccccc2n1. The molecule has 0 aliphatic heterocycles. The van der Waals surface area contributed by atoms with Crippen LogP contribution in [0.25, 0.3) is 10.9 Å². The van der Waals surface area contributed by atoms with Crippen LogP contribution in [0.2, 0.25) is 0 Å². The molecule has 0 spiro atoms. The highest BCUT2D eigenvalue weighted by atomic mass is 32.1. The van der Waals surface area contributed by atoms with Crippen molar-refractivity contribution >= 4 is 33.9 Å². The van der Waals surface area contributed by atoms with Gasteiger partial charge in [0.2, 0.25) is 0 Å². The van der Waals surface area contributed by atoms with E-state index in [9.17, 15) is 0 Å². The number of aromatic nitrogens is 1. The molecule has 1 aromatic heterocycles. The van der Waals surface area contributed by atoms with E-state index < -0.39 is 0 Å². The van der Waals surface area contributed by atoms with Crippen molar-refractivity contribution in [1.82, 2.24) is 4.98 Å². The van der Waals surface area contributed by atoms with Crippen LogP contribution in [0.3, 0.4) is 0 Å². The first kappa shape index (κ1) is 14.7. The fraction of sp³-hybridized carbons (Fsp3) is 0.375. The number of thiocarbonyl (C=S) groups is 1. The number of anilines is 1. The van der Waals surface area contributed by atoms with Crippen molar-refractivity contribution in [2.45, 2.75) is 26.7 Å². The van der Waals surface area contributed by atoms with Gasteiger partial charge in [-0.15, -0.1) is 0 Å². The van der Waals surface area contributed by atoms with E-state index >= 15 is 0 Å². The zero-order valence-electron chi connectivity index (χ0n) is 12.0. The van der Waals surface area contributed by atoms with Gasteiger partial charge in [0.1, 0.15) is 10.8 Å². The smallest absolute Gasteiger partial charge is 0.127 e. The molecule has 0 bridgehead atoms. The molecule has 0 amide bonds. The van der Waals surface area contributed by atoms with E-state index in [-0.39, 0.29) is 0 Å². The number of hydrogen-bond donors (Lipinski definition) is 2. The van der Waals surface area contributed by atoms with Gasteiger partial charge in [-0.2, -0.15) is 0 Å². The van der Waals surface area contributed by atoms with E-state index in [1.165, 1.54) is 6.42 Å². The van der Waals surface area contributed by atoms with Crippen LogP contribution in [0.4, 0.5) is 5.82 Å². The molecule has 3 nitrogen and oxygen atoms in total. The molecule has 106 valence electrons. The number of nitrogens with one attached hydrogen (secondary N) is 1. The van der Waals surface area contributed by atoms with Crippen LogP contribution in [0.1, 0.15) is 32.3 Å². The molecule has 4 heteroatoms. The molecule has 20 heavy (non-hydrogen) atoms. The summed E-state index contributed by atoms with van der Waals surface area (Å²) in [5.74, 6) is 1.57. The Kier molecular flexibility index (Phi) is 4.90. The maximum Gasteiger partial charge on any atom is 0.127 e. The van der Waals surface area contributed by atoms with Gasteiger partial charge in [-0.3, -0.25) is 0 Å². The first-order valence-corrected chi connectivity index (χ1v) is 7.42. The molecule has 1 heterocycles. The summed E-state index contributed by atoms with van der Waals surface area (Å²) in [5.41, 5.74) is 7.63. The van der Waals surface area contributed by atoms with Crippen molar-refractivity contribution in [3.8, 4) is 0 Å². The molecule has 0 saturated heterocycles. The fourth-order valence-electron chi connectivity index (χ4n) is 2.20. The van der Waals surface area contributed by atoms with Crippen molar-refractivity contribution in [3.05, 3.63) is 35.9 Å². The molecule has 0 saturated carbocycles. The number of nitrogens with two attached hydrogens (primary N) is 1. The molecule has 0 atom stereocenters. The highest BCUT2D eigenvalue weighted by Gasteiger charge is 2.07. The van der Waals surface area contributed by atoms with Gasteiger partial charge < -0.3 is 11.1 Å². The van der Waals surface area contributed by atoms with Gasteiger partial charge in [0.15, 0.2) is 0 Å². The van der Waals surface area contributed by atoms with Crippen LogP contribution in [0.15, 0.2) is 30.3 Å². The third kappa shape index (κ3) is 3.67. The van der Waals surface area contributed by atoms with Gasteiger partial charge in [-0.1, -0.05) is 44.3 Å². The second-order valence-electron chi connectivity index (χ2n) is 5.40. The average molecular weight is 287 g/mol. The zero-order valence-corrected chi connectivity index (χ0v) is 12.8. The minimum Gasteiger partial charge on any atom is -0.389 e. The summed E-state index contributed by atoms with van der Waals surface area (Å²) in [6, 6.07) is 9.87. The molecular formula is C16H21N3S. The van der Waals surface area contributed by atoms with Crippen molar-refractivity contribution in [3.63, 3.8) is 0 Å². The van der Waals surface area contributed by atoms with Gasteiger partial charge in [0.25, 0.3) is 0 Å². The summed E-state index contributed by atoms with van der Waals surface area (Å²) < 4.78 is 0. The van der Waals surface area contributed by atoms with Crippen molar-refractivity contribution in [2.75, 3.05) is 11.9 Å². The van der Waals surface area contributed by atoms with Crippen LogP contribution >= 0.6 is 12.2 Å². The van der Waals surface area contributed by atoms with Gasteiger partial charge in [-0.05, 0) is 30.9 Å². The van der Waals surface area contributed by atoms with Gasteiger partial charge in [-0.25, -0.2) is 4.98 Å². The monoisotopic (exact) mass is 287 g/mol. The van der Waals surface area contributed by atoms with Crippen LogP contribution in [0, 0.1) is 5.92 Å². The summed E-state index contributed by atoms with van der Waals surface area (Å²) in [5, 5.41) is 4.37. The molecule has 0 fully saturated rings. The topological polar surface area (TPSA) is 50.9 Å². The lowest BCUT2D eigenvalue weighted by Crippen LogP contribution is -2.12. The van der Waals surface area contributed by atoms with Gasteiger partial charge in [0.05, 0.1) is 5.52 Å². The normalized spacial score (nSPS) is 10.9. The highest BCUT2D eigenvalue weighted by Crippen LogP contribution is 2.20. The lowest BCUT2D eigenvalue weighted by atomic mass is 10.1. The highest BCUT2D eigenvalue weighted by molar-refractivity contribution is 7.80. The summed E-state index contributed by atoms with van der Waals surface area (Å²) >= 11 is 5.14. The Labute approximate surface area is 125 Å². The van der Waals surface area contributed by atoms with Gasteiger partial charge in [0, 0.05) is 17.5 Å². The van der Waals surface area contributed by atoms with Crippen molar-refractivity contribution < 1.29 is 0 Å². The predicted molar refractivity (Wildman–Crippen MR) is 90.2 cm³/mol. The van der Waals surface area contributed by atoms with Crippen molar-refractivity contribution in [2.24, 2.45) is 11.7 Å². The number of para-hydroxylation sites is 1. The third-order valence-electron chi connectivity index (χ3n) is 3.25. The Balaban J connectivity index is 2.20. The molecule has 1 aromatic carbocycles. The largest absolute Gasteiger partial charge is 0.389 e. The Morgan fingerprint density at radius 2 is 2.10 bits per heavy atom. The number of pyridine rings is 1. The number of hydrogen-bond acceptors (Lipinski definition) is 3. The molecule has 3 N–H and O–H groups in total. The zero-order chi connectivity index (χ0) is 14.5. The summed E-state index contributed by atoms with van der Waals surface area (Å²) in [6.07, 6.45) is 2.34. The summed E-state index contributed by atoms with van der Waals surface area (Å²) in [4.78, 5) is 5.02. The average Bonchev–Trinajstić information content (AvgIpc) is 2.42. The minimum atomic E-state index is 0.411. The minimum absolute atomic E-state index is 0.411. The maximum absolute atomic E-state index is 5.82. The molecule has 2 rings (SSSR count). The molecule has 0 aliphatic carbocycles. The first-order chi connectivity index (χ1) is 9.58. The van der Waals surface area contributed by atoms with Crippen LogP contribution in [-0.2, 0) is 0 Å². The maximum atomic E-state index is 5.82. The Bertz CT molecular complexity index is 608. The van der Waals surface area contributed by atoms with E-state index in [4.69, 9.17) is 18.0 Å². The molecule has 2 aromatic rings. The molecule has 0 radical (unpaired) electrons. The molecule has 0 aliphatic rings. The van der Waals surface area contributed by atoms with Gasteiger partial charge >= 0.3 is 0 Å². The van der Waals surface area contributed by atoms with E-state index in [2.05, 4.69) is 24.1 Å². The molecule has 0 unspecified atom stereocenters. The van der Waals surface area contributed by atoms with E-state index in [1.807, 2.05) is 30.3 Å². The lowest BCUT2D eigenvalue weighted by molar-refractivity contribution is 0.567. The Hall–Kier alpha value is -1.68. The summed E-state index contributed by atoms with van der Waals surface area (Å²) in [6.45, 7) is 5.39. The van der Waals surface area contributed by atoms with Crippen LogP contribution in [-0.4, -0.2) is 16.5 Å². The standard InChI is InChI=1S/C16H21N3S/c1-11(2)6-5-9-18-15-10-13(16(17)20)12-7-3-4-8-14(12)19-15/h3-4,7-8,10-11H,5-6,9H2,1-2H3,(H2,17,20)(H,18,19). The lowest BCUT2D eigenvalue weighted by Gasteiger charge is -2.11. The van der Waals surface area contributed by atoms with E-state index in [0.29, 0.717) is 4.99 Å². The van der Waals surface area contributed by atoms with Crippen LogP contribution < -0.4 is 11.1 Å². The Morgan fingerprint density at radius 3 is 2.80 bits per heavy atom. The number of nitrogens with zero attached hydrogens (tertiary/aromatic N) is 1. The second-order valence-corrected chi connectivity index (χ2v) is 5.84. The van der Waals surface area contributed by atoms with Crippen LogP contribution in [0.5, 0.6) is 0 Å². The fourth-order valence-corrected chi connectivity index (χ4v) is 2.37. The van der Waals surface area contributed by atoms with E-state index in [0.717, 1.165) is 41.2 Å². The molecular weight excluding hydrogens is 266 g/mol. The number of rotatable bonds is 6. The van der Waals surface area contributed by atoms with Crippen molar-refractivity contribution in [1.29, 1.82) is 0 Å². The summed E-state index contributed by atoms with van der Waals surface area (Å²) in [7, 11) is 0. The second kappa shape index (κ2) is 6.66. The number of fused-ring (bicyclic) bond motifs is 1. The van der Waals surface area contributed by atoms with E-state index in [1.54, 1.807) is 0 Å².